The average Bonchev–Trinajstić information content (AvgIpc) is 2.28. The van der Waals surface area contributed by atoms with Gasteiger partial charge in [-0.05, 0) is 36.9 Å². The summed E-state index contributed by atoms with van der Waals surface area (Å²) in [6.07, 6.45) is 5.60. The molecule has 3 N–H and O–H groups in total. The van der Waals surface area contributed by atoms with E-state index in [-0.39, 0.29) is 0 Å². The Morgan fingerprint density at radius 1 is 1.35 bits per heavy atom. The minimum atomic E-state index is 0.316. The van der Waals surface area contributed by atoms with E-state index in [0.29, 0.717) is 12.6 Å². The monoisotopic (exact) mass is 232 g/mol. The molecule has 0 heterocycles. The highest BCUT2D eigenvalue weighted by Gasteiger charge is 2.17. The summed E-state index contributed by atoms with van der Waals surface area (Å²) in [7, 11) is 0. The van der Waals surface area contributed by atoms with Crippen molar-refractivity contribution in [3.8, 4) is 0 Å². The predicted octanol–water partition coefficient (Wildman–Crippen LogP) is 2.77. The molecular formula is C15H24N2. The van der Waals surface area contributed by atoms with E-state index in [1.165, 1.54) is 36.8 Å². The van der Waals surface area contributed by atoms with Gasteiger partial charge in [0.15, 0.2) is 0 Å². The van der Waals surface area contributed by atoms with Crippen LogP contribution in [0.4, 0.5) is 0 Å². The summed E-state index contributed by atoms with van der Waals surface area (Å²) in [5.41, 5.74) is 8.56. The zero-order valence-corrected chi connectivity index (χ0v) is 10.8. The van der Waals surface area contributed by atoms with Crippen LogP contribution in [0.1, 0.15) is 42.9 Å². The average molecular weight is 232 g/mol. The Labute approximate surface area is 105 Å². The van der Waals surface area contributed by atoms with Gasteiger partial charge < -0.3 is 11.1 Å². The molecule has 17 heavy (non-hydrogen) atoms. The lowest BCUT2D eigenvalue weighted by atomic mass is 9.83. The minimum absolute atomic E-state index is 0.316. The first-order valence-electron chi connectivity index (χ1n) is 6.80. The summed E-state index contributed by atoms with van der Waals surface area (Å²) in [5, 5.41) is 3.60. The maximum atomic E-state index is 5.87. The fraction of sp³-hybridized carbons (Fsp3) is 0.600. The number of hydrogen-bond acceptors (Lipinski definition) is 2. The lowest BCUT2D eigenvalue weighted by Crippen LogP contribution is -2.31. The molecule has 1 atom stereocenters. The number of nitrogens with two attached hydrogens (primary N) is 1. The maximum absolute atomic E-state index is 5.87. The van der Waals surface area contributed by atoms with E-state index in [1.54, 1.807) is 0 Å². The van der Waals surface area contributed by atoms with E-state index in [4.69, 9.17) is 5.73 Å². The van der Waals surface area contributed by atoms with Crippen LogP contribution in [0.3, 0.4) is 0 Å². The highest BCUT2D eigenvalue weighted by Crippen LogP contribution is 2.29. The molecule has 1 aliphatic carbocycles. The highest BCUT2D eigenvalue weighted by molar-refractivity contribution is 5.28. The van der Waals surface area contributed by atoms with Crippen molar-refractivity contribution in [2.45, 2.75) is 38.6 Å². The molecule has 2 heteroatoms. The van der Waals surface area contributed by atoms with E-state index in [2.05, 4.69) is 36.5 Å². The van der Waals surface area contributed by atoms with Crippen LogP contribution in [0.25, 0.3) is 0 Å². The van der Waals surface area contributed by atoms with Gasteiger partial charge in [-0.1, -0.05) is 43.5 Å². The summed E-state index contributed by atoms with van der Waals surface area (Å²) in [4.78, 5) is 0. The lowest BCUT2D eigenvalue weighted by molar-refractivity contribution is 0.288. The van der Waals surface area contributed by atoms with Crippen molar-refractivity contribution in [3.63, 3.8) is 0 Å². The zero-order chi connectivity index (χ0) is 12.1. The van der Waals surface area contributed by atoms with Gasteiger partial charge in [0.2, 0.25) is 0 Å². The summed E-state index contributed by atoms with van der Waals surface area (Å²) in [6, 6.07) is 8.84. The Balaban J connectivity index is 1.85. The van der Waals surface area contributed by atoms with E-state index in [1.807, 2.05) is 0 Å². The highest BCUT2D eigenvalue weighted by atomic mass is 14.9. The van der Waals surface area contributed by atoms with Crippen molar-refractivity contribution in [2.75, 3.05) is 13.1 Å². The van der Waals surface area contributed by atoms with Gasteiger partial charge in [0.1, 0.15) is 0 Å². The van der Waals surface area contributed by atoms with Crippen molar-refractivity contribution in [3.05, 3.63) is 35.4 Å². The number of benzene rings is 1. The lowest BCUT2D eigenvalue weighted by Gasteiger charge is -2.27. The van der Waals surface area contributed by atoms with Crippen LogP contribution in [0.15, 0.2) is 24.3 Å². The molecule has 0 aromatic heterocycles. The minimum Gasteiger partial charge on any atom is -0.329 e. The summed E-state index contributed by atoms with van der Waals surface area (Å²) in [6.45, 7) is 3.93. The first-order valence-corrected chi connectivity index (χ1v) is 6.80. The number of aryl methyl sites for hydroxylation is 1. The molecule has 0 spiro atoms. The molecule has 2 rings (SSSR count). The van der Waals surface area contributed by atoms with Crippen molar-refractivity contribution in [1.29, 1.82) is 0 Å². The van der Waals surface area contributed by atoms with E-state index in [0.717, 1.165) is 12.5 Å². The molecular weight excluding hydrogens is 208 g/mol. The molecule has 0 aliphatic heterocycles. The maximum Gasteiger partial charge on any atom is 0.0447 e. The van der Waals surface area contributed by atoms with E-state index < -0.39 is 0 Å². The standard InChI is InChI=1S/C15H24N2/c1-12-5-2-3-8-14(12)15(11-16)17-10-9-13-6-4-7-13/h2-3,5,8,13,15,17H,4,6-7,9-11,16H2,1H3. The van der Waals surface area contributed by atoms with Gasteiger partial charge in [-0.15, -0.1) is 0 Å². The van der Waals surface area contributed by atoms with Crippen molar-refractivity contribution >= 4 is 0 Å². The van der Waals surface area contributed by atoms with Crippen LogP contribution in [0, 0.1) is 12.8 Å². The smallest absolute Gasteiger partial charge is 0.0447 e. The molecule has 2 nitrogen and oxygen atoms in total. The third-order valence-corrected chi connectivity index (χ3v) is 3.97. The van der Waals surface area contributed by atoms with Crippen LogP contribution in [0.5, 0.6) is 0 Å². The van der Waals surface area contributed by atoms with Gasteiger partial charge >= 0.3 is 0 Å². The molecule has 1 fully saturated rings. The molecule has 0 bridgehead atoms. The quantitative estimate of drug-likeness (QED) is 0.791. The molecule has 1 saturated carbocycles. The molecule has 1 aromatic rings. The van der Waals surface area contributed by atoms with Gasteiger partial charge in [-0.3, -0.25) is 0 Å². The third kappa shape index (κ3) is 3.30. The topological polar surface area (TPSA) is 38.0 Å². The second-order valence-electron chi connectivity index (χ2n) is 5.18. The van der Waals surface area contributed by atoms with E-state index >= 15 is 0 Å². The van der Waals surface area contributed by atoms with Gasteiger partial charge in [-0.2, -0.15) is 0 Å². The molecule has 94 valence electrons. The Hall–Kier alpha value is -0.860. The normalized spacial score (nSPS) is 17.8. The Bertz CT molecular complexity index is 345. The van der Waals surface area contributed by atoms with Crippen molar-refractivity contribution in [1.82, 2.24) is 5.32 Å². The first-order chi connectivity index (χ1) is 8.31. The first kappa shape index (κ1) is 12.6. The fourth-order valence-corrected chi connectivity index (χ4v) is 2.54. The molecule has 0 saturated heterocycles. The Kier molecular flexibility index (Phi) is 4.57. The Morgan fingerprint density at radius 3 is 2.71 bits per heavy atom. The predicted molar refractivity (Wildman–Crippen MR) is 72.9 cm³/mol. The van der Waals surface area contributed by atoms with E-state index in [9.17, 15) is 0 Å². The summed E-state index contributed by atoms with van der Waals surface area (Å²) < 4.78 is 0. The van der Waals surface area contributed by atoms with Gasteiger partial charge in [0.25, 0.3) is 0 Å². The third-order valence-electron chi connectivity index (χ3n) is 3.97. The zero-order valence-electron chi connectivity index (χ0n) is 10.8. The van der Waals surface area contributed by atoms with Crippen molar-refractivity contribution in [2.24, 2.45) is 11.7 Å². The molecule has 1 unspecified atom stereocenters. The second-order valence-corrected chi connectivity index (χ2v) is 5.18. The number of hydrogen-bond donors (Lipinski definition) is 2. The van der Waals surface area contributed by atoms with Crippen LogP contribution < -0.4 is 11.1 Å². The van der Waals surface area contributed by atoms with Gasteiger partial charge in [0, 0.05) is 12.6 Å². The summed E-state index contributed by atoms with van der Waals surface area (Å²) in [5.74, 6) is 0.970. The van der Waals surface area contributed by atoms with Crippen LogP contribution >= 0.6 is 0 Å². The molecule has 1 aliphatic rings. The van der Waals surface area contributed by atoms with Crippen LogP contribution in [-0.4, -0.2) is 13.1 Å². The Morgan fingerprint density at radius 2 is 2.12 bits per heavy atom. The number of rotatable bonds is 6. The molecule has 1 aromatic carbocycles. The molecule has 0 amide bonds. The van der Waals surface area contributed by atoms with Crippen LogP contribution in [0.2, 0.25) is 0 Å². The largest absolute Gasteiger partial charge is 0.329 e. The fourth-order valence-electron chi connectivity index (χ4n) is 2.54. The van der Waals surface area contributed by atoms with Gasteiger partial charge in [-0.25, -0.2) is 0 Å². The van der Waals surface area contributed by atoms with Gasteiger partial charge in [0.05, 0.1) is 0 Å². The van der Waals surface area contributed by atoms with Crippen molar-refractivity contribution < 1.29 is 0 Å². The molecule has 0 radical (unpaired) electrons. The number of nitrogens with one attached hydrogen (secondary N) is 1. The van der Waals surface area contributed by atoms with Crippen LogP contribution in [-0.2, 0) is 0 Å². The summed E-state index contributed by atoms with van der Waals surface area (Å²) >= 11 is 0. The SMILES string of the molecule is Cc1ccccc1C(CN)NCCC1CCC1. The second kappa shape index (κ2) is 6.18.